The molecule has 2 atom stereocenters. The van der Waals surface area contributed by atoms with E-state index in [1.54, 1.807) is 0 Å². The molecule has 1 rings (SSSR count). The highest BCUT2D eigenvalue weighted by molar-refractivity contribution is 14.1. The van der Waals surface area contributed by atoms with E-state index in [0.29, 0.717) is 11.8 Å². The zero-order valence-electron chi connectivity index (χ0n) is 7.29. The van der Waals surface area contributed by atoms with E-state index in [1.165, 1.54) is 0 Å². The Bertz CT molecular complexity index is 200. The molecular weight excluding hydrogens is 525 g/mol. The van der Waals surface area contributed by atoms with Gasteiger partial charge in [0.15, 0.2) is 0 Å². The van der Waals surface area contributed by atoms with E-state index in [1.807, 2.05) is 0 Å². The van der Waals surface area contributed by atoms with Gasteiger partial charge in [-0.25, -0.2) is 0 Å². The van der Waals surface area contributed by atoms with Crippen molar-refractivity contribution in [2.75, 3.05) is 6.61 Å². The van der Waals surface area contributed by atoms with Gasteiger partial charge in [0.1, 0.15) is 0 Å². The Labute approximate surface area is 124 Å². The summed E-state index contributed by atoms with van der Waals surface area (Å²) in [7, 11) is 0. The fourth-order valence-electron chi connectivity index (χ4n) is 1.45. The number of halogens is 3. The fraction of sp³-hybridized carbons (Fsp3) is 0.875. The van der Waals surface area contributed by atoms with Gasteiger partial charge in [0.2, 0.25) is 0 Å². The highest BCUT2D eigenvalue weighted by Gasteiger charge is 2.34. The van der Waals surface area contributed by atoms with Crippen LogP contribution in [0.2, 0.25) is 0 Å². The molecule has 0 saturated heterocycles. The van der Waals surface area contributed by atoms with Gasteiger partial charge in [-0.2, -0.15) is 0 Å². The molecule has 82 valence electrons. The molecule has 3 nitrogen and oxygen atoms in total. The van der Waals surface area contributed by atoms with E-state index in [2.05, 4.69) is 67.8 Å². The predicted octanol–water partition coefficient (Wildman–Crippen LogP) is 1.33. The second kappa shape index (κ2) is 6.38. The second-order valence-electron chi connectivity index (χ2n) is 3.25. The number of carbonyl (C=O) groups is 1. The maximum Gasteiger partial charge on any atom is 0.0866 e. The largest absolute Gasteiger partial charge is 0.548 e. The van der Waals surface area contributed by atoms with Crippen LogP contribution in [-0.4, -0.2) is 30.5 Å². The second-order valence-corrected chi connectivity index (χ2v) is 8.21. The average Bonchev–Trinajstić information content (AvgIpc) is 2.01. The molecule has 1 saturated carbocycles. The van der Waals surface area contributed by atoms with Crippen molar-refractivity contribution in [1.29, 1.82) is 0 Å². The first-order valence-electron chi connectivity index (χ1n) is 4.24. The van der Waals surface area contributed by atoms with Crippen LogP contribution in [0.4, 0.5) is 0 Å². The monoisotopic (exact) mass is 535 g/mol. The third kappa shape index (κ3) is 4.24. The number of ether oxygens (including phenoxy) is 1. The Hall–Kier alpha value is 1.62. The molecule has 0 aromatic rings. The lowest BCUT2D eigenvalue weighted by atomic mass is 9.97. The molecule has 0 N–H and O–H groups in total. The van der Waals surface area contributed by atoms with E-state index in [0.717, 1.165) is 12.8 Å². The Kier molecular flexibility index (Phi) is 6.23. The SMILES string of the molecule is O=C([O-])COC1C(I)CC(I)CC1I. The van der Waals surface area contributed by atoms with Crippen molar-refractivity contribution in [2.24, 2.45) is 0 Å². The quantitative estimate of drug-likeness (QED) is 0.406. The van der Waals surface area contributed by atoms with Crippen LogP contribution >= 0.6 is 67.8 Å². The van der Waals surface area contributed by atoms with Crippen molar-refractivity contribution in [1.82, 2.24) is 0 Å². The van der Waals surface area contributed by atoms with Gasteiger partial charge in [-0.3, -0.25) is 0 Å². The third-order valence-corrected chi connectivity index (χ3v) is 5.52. The average molecular weight is 535 g/mol. The Balaban J connectivity index is 2.45. The van der Waals surface area contributed by atoms with Crippen LogP contribution in [0, 0.1) is 0 Å². The molecule has 0 aromatic carbocycles. The molecular formula is C8H10I3O3-. The summed E-state index contributed by atoms with van der Waals surface area (Å²) in [6.45, 7) is -0.282. The molecule has 0 aliphatic heterocycles. The van der Waals surface area contributed by atoms with Gasteiger partial charge >= 0.3 is 0 Å². The Morgan fingerprint density at radius 2 is 1.79 bits per heavy atom. The van der Waals surface area contributed by atoms with E-state index < -0.39 is 5.97 Å². The summed E-state index contributed by atoms with van der Waals surface area (Å²) < 4.78 is 6.83. The van der Waals surface area contributed by atoms with Crippen molar-refractivity contribution < 1.29 is 14.6 Å². The van der Waals surface area contributed by atoms with Gasteiger partial charge in [0.25, 0.3) is 0 Å². The van der Waals surface area contributed by atoms with Crippen LogP contribution in [0.1, 0.15) is 12.8 Å². The van der Waals surface area contributed by atoms with Crippen molar-refractivity contribution in [3.63, 3.8) is 0 Å². The van der Waals surface area contributed by atoms with Crippen molar-refractivity contribution in [3.8, 4) is 0 Å². The number of carboxylic acids is 1. The smallest absolute Gasteiger partial charge is 0.0866 e. The minimum absolute atomic E-state index is 0.0557. The number of rotatable bonds is 3. The van der Waals surface area contributed by atoms with Crippen LogP contribution in [0.3, 0.4) is 0 Å². The molecule has 0 radical (unpaired) electrons. The van der Waals surface area contributed by atoms with Crippen molar-refractivity contribution in [3.05, 3.63) is 0 Å². The standard InChI is InChI=1S/C8H11I3O3/c9-4-1-5(10)8(6(11)2-4)14-3-7(12)13/h4-6,8H,1-3H2,(H,12,13)/p-1. The van der Waals surface area contributed by atoms with Crippen LogP contribution in [0.5, 0.6) is 0 Å². The van der Waals surface area contributed by atoms with E-state index in [9.17, 15) is 9.90 Å². The summed E-state index contributed by atoms with van der Waals surface area (Å²) >= 11 is 7.14. The number of carboxylic acid groups (broad SMARTS) is 1. The van der Waals surface area contributed by atoms with Gasteiger partial charge in [0, 0.05) is 11.8 Å². The number of hydrogen-bond acceptors (Lipinski definition) is 3. The lowest BCUT2D eigenvalue weighted by Crippen LogP contribution is -2.43. The highest BCUT2D eigenvalue weighted by atomic mass is 127. The zero-order chi connectivity index (χ0) is 10.7. The van der Waals surface area contributed by atoms with Crippen LogP contribution in [-0.2, 0) is 9.53 Å². The van der Waals surface area contributed by atoms with E-state index in [4.69, 9.17) is 4.74 Å². The fourth-order valence-corrected chi connectivity index (χ4v) is 7.93. The highest BCUT2D eigenvalue weighted by Crippen LogP contribution is 2.35. The minimum atomic E-state index is -1.13. The maximum atomic E-state index is 10.3. The zero-order valence-corrected chi connectivity index (χ0v) is 13.8. The molecule has 0 spiro atoms. The van der Waals surface area contributed by atoms with Gasteiger partial charge in [-0.15, -0.1) is 0 Å². The minimum Gasteiger partial charge on any atom is -0.548 e. The summed E-state index contributed by atoms with van der Waals surface area (Å²) in [4.78, 5) is 10.3. The molecule has 0 aromatic heterocycles. The molecule has 0 amide bonds. The first kappa shape index (κ1) is 13.7. The Morgan fingerprint density at radius 1 is 1.29 bits per heavy atom. The first-order chi connectivity index (χ1) is 6.50. The number of hydrogen-bond donors (Lipinski definition) is 0. The molecule has 14 heavy (non-hydrogen) atoms. The lowest BCUT2D eigenvalue weighted by Gasteiger charge is -2.34. The first-order valence-corrected chi connectivity index (χ1v) is 7.98. The third-order valence-electron chi connectivity index (χ3n) is 2.07. The van der Waals surface area contributed by atoms with Crippen LogP contribution in [0.25, 0.3) is 0 Å². The topological polar surface area (TPSA) is 49.4 Å². The van der Waals surface area contributed by atoms with E-state index in [-0.39, 0.29) is 12.7 Å². The van der Waals surface area contributed by atoms with Crippen molar-refractivity contribution in [2.45, 2.75) is 30.7 Å². The van der Waals surface area contributed by atoms with Gasteiger partial charge in [-0.05, 0) is 12.8 Å². The molecule has 2 unspecified atom stereocenters. The van der Waals surface area contributed by atoms with E-state index >= 15 is 0 Å². The van der Waals surface area contributed by atoms with Crippen molar-refractivity contribution >= 4 is 73.7 Å². The number of aliphatic carboxylic acids is 1. The summed E-state index contributed by atoms with van der Waals surface area (Å²) in [5, 5.41) is 10.3. The van der Waals surface area contributed by atoms with Gasteiger partial charge < -0.3 is 14.6 Å². The number of alkyl halides is 3. The molecule has 1 aliphatic rings. The lowest BCUT2D eigenvalue weighted by molar-refractivity contribution is -0.310. The van der Waals surface area contributed by atoms with Gasteiger partial charge in [0.05, 0.1) is 18.7 Å². The van der Waals surface area contributed by atoms with Crippen LogP contribution < -0.4 is 5.11 Å². The summed E-state index contributed by atoms with van der Waals surface area (Å²) in [5.41, 5.74) is 0. The summed E-state index contributed by atoms with van der Waals surface area (Å²) in [5.74, 6) is -1.13. The van der Waals surface area contributed by atoms with Crippen LogP contribution in [0.15, 0.2) is 0 Å². The normalized spacial score (nSPS) is 38.2. The molecule has 1 fully saturated rings. The molecule has 0 bridgehead atoms. The summed E-state index contributed by atoms with van der Waals surface area (Å²) in [6, 6.07) is 0. The molecule has 6 heteroatoms. The van der Waals surface area contributed by atoms with Gasteiger partial charge in [-0.1, -0.05) is 67.8 Å². The predicted molar refractivity (Wildman–Crippen MR) is 77.4 cm³/mol. The Morgan fingerprint density at radius 3 is 2.21 bits per heavy atom. The molecule has 1 aliphatic carbocycles. The number of carbonyl (C=O) groups excluding carboxylic acids is 1. The summed E-state index contributed by atoms with van der Waals surface area (Å²) in [6.07, 6.45) is 2.25. The maximum absolute atomic E-state index is 10.3. The molecule has 0 heterocycles.